The van der Waals surface area contributed by atoms with E-state index in [0.717, 1.165) is 24.1 Å². The summed E-state index contributed by atoms with van der Waals surface area (Å²) in [5.41, 5.74) is 1.78. The van der Waals surface area contributed by atoms with E-state index in [1.54, 1.807) is 20.1 Å². The summed E-state index contributed by atoms with van der Waals surface area (Å²) >= 11 is 0. The summed E-state index contributed by atoms with van der Waals surface area (Å²) in [7, 11) is 1.64. The first kappa shape index (κ1) is 17.4. The predicted octanol–water partition coefficient (Wildman–Crippen LogP) is 2.25. The van der Waals surface area contributed by atoms with Gasteiger partial charge in [0.1, 0.15) is 11.4 Å². The lowest BCUT2D eigenvalue weighted by molar-refractivity contribution is 0.0690. The van der Waals surface area contributed by atoms with E-state index < -0.39 is 5.97 Å². The van der Waals surface area contributed by atoms with Gasteiger partial charge in [-0.2, -0.15) is 0 Å². The summed E-state index contributed by atoms with van der Waals surface area (Å²) in [6, 6.07) is 1.78. The van der Waals surface area contributed by atoms with Gasteiger partial charge in [-0.15, -0.1) is 0 Å². The molecule has 1 aromatic heterocycles. The lowest BCUT2D eigenvalue weighted by Gasteiger charge is -2.12. The molecular weight excluding hydrogens is 272 g/mol. The predicted molar refractivity (Wildman–Crippen MR) is 81.1 cm³/mol. The van der Waals surface area contributed by atoms with Crippen molar-refractivity contribution in [3.8, 4) is 0 Å². The van der Waals surface area contributed by atoms with E-state index in [9.17, 15) is 9.90 Å². The number of hydrogen-bond acceptors (Lipinski definition) is 5. The minimum Gasteiger partial charge on any atom is -0.478 e. The van der Waals surface area contributed by atoms with Gasteiger partial charge in [0, 0.05) is 26.0 Å². The maximum atomic E-state index is 11.3. The van der Waals surface area contributed by atoms with E-state index in [1.165, 1.54) is 0 Å². The molecule has 0 amide bonds. The fourth-order valence-electron chi connectivity index (χ4n) is 2.01. The number of nitrogens with zero attached hydrogens (tertiary/aromatic N) is 1. The van der Waals surface area contributed by atoms with Crippen LogP contribution in [0, 0.1) is 13.8 Å². The number of aromatic nitrogens is 1. The van der Waals surface area contributed by atoms with Crippen LogP contribution < -0.4 is 5.32 Å². The molecule has 0 bridgehead atoms. The number of pyridine rings is 1. The summed E-state index contributed by atoms with van der Waals surface area (Å²) in [6.07, 6.45) is 1.80. The average molecular weight is 296 g/mol. The number of carbonyl (C=O) groups is 1. The van der Waals surface area contributed by atoms with Crippen molar-refractivity contribution in [1.29, 1.82) is 0 Å². The molecule has 6 heteroatoms. The first-order valence-electron chi connectivity index (χ1n) is 7.08. The number of hydrogen-bond donors (Lipinski definition) is 2. The Labute approximate surface area is 125 Å². The molecule has 21 heavy (non-hydrogen) atoms. The maximum absolute atomic E-state index is 11.3. The summed E-state index contributed by atoms with van der Waals surface area (Å²) in [6.45, 7) is 6.19. The van der Waals surface area contributed by atoms with Gasteiger partial charge in [0.2, 0.25) is 0 Å². The third-order valence-corrected chi connectivity index (χ3v) is 3.00. The number of carboxylic acids is 1. The molecule has 0 aliphatic carbocycles. The van der Waals surface area contributed by atoms with Crippen LogP contribution in [0.15, 0.2) is 6.07 Å². The van der Waals surface area contributed by atoms with Crippen LogP contribution in [0.4, 0.5) is 5.82 Å². The molecule has 1 aromatic rings. The van der Waals surface area contributed by atoms with Crippen molar-refractivity contribution in [2.24, 2.45) is 0 Å². The van der Waals surface area contributed by atoms with Gasteiger partial charge in [-0.1, -0.05) is 0 Å². The van der Waals surface area contributed by atoms with Gasteiger partial charge < -0.3 is 19.9 Å². The number of unbranched alkanes of at least 4 members (excludes halogenated alkanes) is 1. The zero-order chi connectivity index (χ0) is 15.7. The van der Waals surface area contributed by atoms with E-state index in [2.05, 4.69) is 10.3 Å². The average Bonchev–Trinajstić information content (AvgIpc) is 2.40. The van der Waals surface area contributed by atoms with E-state index in [1.807, 2.05) is 6.92 Å². The Morgan fingerprint density at radius 2 is 2.05 bits per heavy atom. The van der Waals surface area contributed by atoms with Crippen LogP contribution in [0.1, 0.15) is 34.5 Å². The topological polar surface area (TPSA) is 80.7 Å². The van der Waals surface area contributed by atoms with Crippen LogP contribution in [-0.4, -0.2) is 49.5 Å². The minimum absolute atomic E-state index is 0.247. The molecule has 0 saturated carbocycles. The van der Waals surface area contributed by atoms with Crippen molar-refractivity contribution in [2.75, 3.05) is 38.8 Å². The van der Waals surface area contributed by atoms with Gasteiger partial charge in [-0.05, 0) is 38.3 Å². The number of ether oxygens (including phenoxy) is 2. The van der Waals surface area contributed by atoms with Crippen molar-refractivity contribution in [2.45, 2.75) is 26.7 Å². The lowest BCUT2D eigenvalue weighted by atomic mass is 10.1. The molecule has 0 spiro atoms. The largest absolute Gasteiger partial charge is 0.478 e. The third-order valence-electron chi connectivity index (χ3n) is 3.00. The zero-order valence-electron chi connectivity index (χ0n) is 12.9. The van der Waals surface area contributed by atoms with Crippen molar-refractivity contribution >= 4 is 11.8 Å². The molecular formula is C15H24N2O4. The minimum atomic E-state index is -0.953. The smallest absolute Gasteiger partial charge is 0.339 e. The molecule has 0 atom stereocenters. The highest BCUT2D eigenvalue weighted by Gasteiger charge is 2.15. The Kier molecular flexibility index (Phi) is 7.71. The molecule has 0 saturated heterocycles. The second-order valence-electron chi connectivity index (χ2n) is 4.85. The number of methoxy groups -OCH3 is 1. The molecule has 0 aliphatic rings. The summed E-state index contributed by atoms with van der Waals surface area (Å²) in [5.74, 6) is -0.509. The molecule has 0 unspecified atom stereocenters. The number of carboxylic acid groups (broad SMARTS) is 1. The molecule has 1 heterocycles. The van der Waals surface area contributed by atoms with Crippen molar-refractivity contribution in [1.82, 2.24) is 4.98 Å². The quantitative estimate of drug-likeness (QED) is 0.645. The number of rotatable bonds is 10. The Balaban J connectivity index is 2.40. The van der Waals surface area contributed by atoms with E-state index in [0.29, 0.717) is 32.2 Å². The number of anilines is 1. The molecule has 6 nitrogen and oxygen atoms in total. The van der Waals surface area contributed by atoms with Crippen molar-refractivity contribution in [3.63, 3.8) is 0 Å². The zero-order valence-corrected chi connectivity index (χ0v) is 12.9. The van der Waals surface area contributed by atoms with Gasteiger partial charge in [-0.3, -0.25) is 0 Å². The SMILES string of the molecule is COCCOCCCCNc1nc(C)cc(C)c1C(=O)O. The standard InChI is InChI=1S/C15H24N2O4/c1-11-10-12(2)17-14(13(11)15(18)19)16-6-4-5-7-21-9-8-20-3/h10H,4-9H2,1-3H3,(H,16,17)(H,18,19). The highest BCUT2D eigenvalue weighted by Crippen LogP contribution is 2.18. The first-order chi connectivity index (χ1) is 10.1. The summed E-state index contributed by atoms with van der Waals surface area (Å²) in [5, 5.41) is 12.4. The number of aryl methyl sites for hydroxylation is 2. The van der Waals surface area contributed by atoms with Gasteiger partial charge in [0.25, 0.3) is 0 Å². The Bertz CT molecular complexity index is 463. The van der Waals surface area contributed by atoms with Gasteiger partial charge in [0.05, 0.1) is 13.2 Å². The lowest BCUT2D eigenvalue weighted by Crippen LogP contribution is -2.12. The van der Waals surface area contributed by atoms with Crippen LogP contribution in [0.5, 0.6) is 0 Å². The van der Waals surface area contributed by atoms with E-state index in [4.69, 9.17) is 9.47 Å². The molecule has 1 rings (SSSR count). The molecule has 118 valence electrons. The molecule has 2 N–H and O–H groups in total. The van der Waals surface area contributed by atoms with Crippen molar-refractivity contribution < 1.29 is 19.4 Å². The summed E-state index contributed by atoms with van der Waals surface area (Å²) < 4.78 is 10.2. The monoisotopic (exact) mass is 296 g/mol. The normalized spacial score (nSPS) is 10.6. The fraction of sp³-hybridized carbons (Fsp3) is 0.600. The first-order valence-corrected chi connectivity index (χ1v) is 7.08. The second-order valence-corrected chi connectivity index (χ2v) is 4.85. The van der Waals surface area contributed by atoms with Crippen LogP contribution >= 0.6 is 0 Å². The van der Waals surface area contributed by atoms with Crippen LogP contribution in [0.3, 0.4) is 0 Å². The Morgan fingerprint density at radius 1 is 1.29 bits per heavy atom. The third kappa shape index (κ3) is 6.10. The van der Waals surface area contributed by atoms with Gasteiger partial charge in [-0.25, -0.2) is 9.78 Å². The Hall–Kier alpha value is -1.66. The van der Waals surface area contributed by atoms with Crippen LogP contribution in [0.25, 0.3) is 0 Å². The van der Waals surface area contributed by atoms with Gasteiger partial charge in [0.15, 0.2) is 0 Å². The molecule has 0 fully saturated rings. The maximum Gasteiger partial charge on any atom is 0.339 e. The summed E-state index contributed by atoms with van der Waals surface area (Å²) in [4.78, 5) is 15.6. The van der Waals surface area contributed by atoms with Crippen LogP contribution in [0.2, 0.25) is 0 Å². The Morgan fingerprint density at radius 3 is 2.71 bits per heavy atom. The molecule has 0 aliphatic heterocycles. The highest BCUT2D eigenvalue weighted by atomic mass is 16.5. The number of aromatic carboxylic acids is 1. The van der Waals surface area contributed by atoms with Crippen molar-refractivity contribution in [3.05, 3.63) is 22.9 Å². The second kappa shape index (κ2) is 9.31. The molecule has 0 aromatic carbocycles. The highest BCUT2D eigenvalue weighted by molar-refractivity contribution is 5.94. The van der Waals surface area contributed by atoms with E-state index >= 15 is 0 Å². The van der Waals surface area contributed by atoms with Gasteiger partial charge >= 0.3 is 5.97 Å². The fourth-order valence-corrected chi connectivity index (χ4v) is 2.01. The molecule has 0 radical (unpaired) electrons. The van der Waals surface area contributed by atoms with E-state index in [-0.39, 0.29) is 5.56 Å². The van der Waals surface area contributed by atoms with Crippen LogP contribution in [-0.2, 0) is 9.47 Å². The number of nitrogens with one attached hydrogen (secondary N) is 1.